The average Bonchev–Trinajstić information content (AvgIpc) is 3.94. The van der Waals surface area contributed by atoms with Gasteiger partial charge in [-0.3, -0.25) is 9.55 Å². The van der Waals surface area contributed by atoms with Gasteiger partial charge in [-0.05, 0) is 112 Å². The molecule has 0 amide bonds. The molecule has 8 aromatic rings. The highest BCUT2D eigenvalue weighted by Gasteiger charge is 2.45. The lowest BCUT2D eigenvalue weighted by Gasteiger charge is -2.18. The van der Waals surface area contributed by atoms with E-state index in [1.807, 2.05) is 36.7 Å². The summed E-state index contributed by atoms with van der Waals surface area (Å²) in [4.78, 5) is 14.9. The molecule has 4 heterocycles. The predicted molar refractivity (Wildman–Crippen MR) is 205 cm³/mol. The fraction of sp³-hybridized carbons (Fsp3) is 0.0652. The van der Waals surface area contributed by atoms with E-state index in [0.29, 0.717) is 11.8 Å². The molecule has 236 valence electrons. The van der Waals surface area contributed by atoms with Gasteiger partial charge >= 0.3 is 0 Å². The van der Waals surface area contributed by atoms with E-state index in [1.165, 1.54) is 55.4 Å². The van der Waals surface area contributed by atoms with Crippen LogP contribution in [-0.4, -0.2) is 19.5 Å². The van der Waals surface area contributed by atoms with Gasteiger partial charge in [0.2, 0.25) is 0 Å². The largest absolute Gasteiger partial charge is 0.297 e. The molecule has 4 aromatic heterocycles. The first-order valence-corrected chi connectivity index (χ1v) is 17.2. The van der Waals surface area contributed by atoms with Crippen molar-refractivity contribution in [1.29, 1.82) is 0 Å². The van der Waals surface area contributed by atoms with Gasteiger partial charge in [0.25, 0.3) is 0 Å². The third-order valence-corrected chi connectivity index (χ3v) is 10.2. The van der Waals surface area contributed by atoms with Crippen molar-refractivity contribution in [3.05, 3.63) is 176 Å². The lowest BCUT2D eigenvalue weighted by Crippen LogP contribution is -2.05. The summed E-state index contributed by atoms with van der Waals surface area (Å²) in [5.74, 6) is 0.856. The summed E-state index contributed by atoms with van der Waals surface area (Å²) in [6, 6.07) is 51.5. The van der Waals surface area contributed by atoms with Gasteiger partial charge in [-0.1, -0.05) is 91.0 Å². The second kappa shape index (κ2) is 11.6. The Morgan fingerprint density at radius 2 is 1.12 bits per heavy atom. The number of aromatic nitrogens is 4. The van der Waals surface area contributed by atoms with Crippen molar-refractivity contribution in [2.75, 3.05) is 0 Å². The first-order chi connectivity index (χ1) is 24.8. The summed E-state index contributed by atoms with van der Waals surface area (Å²) in [7, 11) is 0. The van der Waals surface area contributed by atoms with Crippen molar-refractivity contribution in [2.45, 2.75) is 6.42 Å². The number of hydrogen-bond donors (Lipinski definition) is 0. The zero-order valence-electron chi connectivity index (χ0n) is 27.3. The maximum absolute atomic E-state index is 5.28. The maximum atomic E-state index is 5.28. The van der Waals surface area contributed by atoms with E-state index >= 15 is 0 Å². The molecule has 10 rings (SSSR count). The Morgan fingerprint density at radius 3 is 1.88 bits per heavy atom. The molecule has 1 saturated carbocycles. The van der Waals surface area contributed by atoms with E-state index in [4.69, 9.17) is 15.0 Å². The van der Waals surface area contributed by atoms with Gasteiger partial charge in [-0.15, -0.1) is 0 Å². The molecular weight excluding hydrogens is 609 g/mol. The van der Waals surface area contributed by atoms with Crippen LogP contribution in [0.25, 0.3) is 78.1 Å². The molecule has 0 aliphatic heterocycles. The highest BCUT2D eigenvalue weighted by atomic mass is 15.1. The molecule has 4 aromatic carbocycles. The molecule has 0 saturated heterocycles. The van der Waals surface area contributed by atoms with Crippen molar-refractivity contribution < 1.29 is 0 Å². The molecule has 2 aliphatic rings. The van der Waals surface area contributed by atoms with Crippen LogP contribution in [0, 0.1) is 11.8 Å². The van der Waals surface area contributed by atoms with E-state index in [2.05, 4.69) is 138 Å². The lowest BCUT2D eigenvalue weighted by atomic mass is 9.91. The van der Waals surface area contributed by atoms with Gasteiger partial charge in [-0.25, -0.2) is 9.97 Å². The number of fused-ring (bicyclic) bond motifs is 4. The van der Waals surface area contributed by atoms with E-state index in [9.17, 15) is 0 Å². The minimum absolute atomic E-state index is 0.428. The highest BCUT2D eigenvalue weighted by Crippen LogP contribution is 2.57. The van der Waals surface area contributed by atoms with Crippen LogP contribution in [-0.2, 0) is 0 Å². The number of benzene rings is 4. The van der Waals surface area contributed by atoms with E-state index < -0.39 is 0 Å². The topological polar surface area (TPSA) is 43.6 Å². The SMILES string of the molecule is C1=C(c2cc(-c3cc(-c4ccccc4)cc(-c4ccccc4)c3)nc(-c3ccccn3)c2)C2CC2C(n2c3ccccc3c3cccnc32)=C1. The van der Waals surface area contributed by atoms with Crippen molar-refractivity contribution in [1.82, 2.24) is 19.5 Å². The quantitative estimate of drug-likeness (QED) is 0.182. The Balaban J connectivity index is 1.14. The van der Waals surface area contributed by atoms with E-state index in [1.54, 1.807) is 0 Å². The Morgan fingerprint density at radius 1 is 0.460 bits per heavy atom. The molecule has 50 heavy (non-hydrogen) atoms. The molecule has 2 unspecified atom stereocenters. The molecule has 0 spiro atoms. The summed E-state index contributed by atoms with van der Waals surface area (Å²) in [6.45, 7) is 0. The monoisotopic (exact) mass is 640 g/mol. The first-order valence-electron chi connectivity index (χ1n) is 17.2. The van der Waals surface area contributed by atoms with Crippen LogP contribution < -0.4 is 0 Å². The zero-order valence-corrected chi connectivity index (χ0v) is 27.3. The van der Waals surface area contributed by atoms with Crippen LogP contribution in [0.15, 0.2) is 170 Å². The summed E-state index contributed by atoms with van der Waals surface area (Å²) in [5.41, 5.74) is 14.6. The standard InChI is InChI=1S/C46H32N4/c1-3-12-30(13-4-1)32-24-33(31-14-5-2-6-15-31)26-35(25-32)42-27-34(28-43(49-42)41-18-9-10-22-47-41)36-20-21-45(40-29-39(36)40)50-44-19-8-7-16-37(44)38-17-11-23-48-46(38)50/h1-28,39-40H,29H2. The molecule has 1 fully saturated rings. The summed E-state index contributed by atoms with van der Waals surface area (Å²) in [5, 5.41) is 2.44. The fourth-order valence-corrected chi connectivity index (χ4v) is 7.76. The molecule has 2 atom stereocenters. The summed E-state index contributed by atoms with van der Waals surface area (Å²) in [6.07, 6.45) is 9.52. The van der Waals surface area contributed by atoms with Crippen molar-refractivity contribution >= 4 is 33.2 Å². The highest BCUT2D eigenvalue weighted by molar-refractivity contribution is 6.09. The second-order valence-corrected chi connectivity index (χ2v) is 13.3. The Bertz CT molecular complexity index is 2510. The molecule has 4 heteroatoms. The van der Waals surface area contributed by atoms with Gasteiger partial charge in [0.15, 0.2) is 0 Å². The Hall–Kier alpha value is -6.39. The van der Waals surface area contributed by atoms with Crippen LogP contribution in [0.4, 0.5) is 0 Å². The molecule has 0 N–H and O–H groups in total. The number of allylic oxidation sites excluding steroid dienone is 4. The number of hydrogen-bond acceptors (Lipinski definition) is 3. The van der Waals surface area contributed by atoms with Gasteiger partial charge < -0.3 is 0 Å². The number of nitrogens with zero attached hydrogens (tertiary/aromatic N) is 4. The Labute approximate surface area is 290 Å². The first kappa shape index (κ1) is 28.6. The van der Waals surface area contributed by atoms with Crippen LogP contribution >= 0.6 is 0 Å². The van der Waals surface area contributed by atoms with Crippen molar-refractivity contribution in [3.63, 3.8) is 0 Å². The predicted octanol–water partition coefficient (Wildman–Crippen LogP) is 11.2. The molecule has 0 bridgehead atoms. The van der Waals surface area contributed by atoms with Gasteiger partial charge in [0, 0.05) is 40.3 Å². The zero-order chi connectivity index (χ0) is 33.0. The van der Waals surface area contributed by atoms with Crippen LogP contribution in [0.1, 0.15) is 12.0 Å². The number of pyridine rings is 3. The van der Waals surface area contributed by atoms with Crippen LogP contribution in [0.5, 0.6) is 0 Å². The Kier molecular flexibility index (Phi) is 6.66. The molecule has 4 nitrogen and oxygen atoms in total. The average molecular weight is 641 g/mol. The van der Waals surface area contributed by atoms with Gasteiger partial charge in [0.05, 0.1) is 22.6 Å². The lowest BCUT2D eigenvalue weighted by molar-refractivity contribution is 0.941. The summed E-state index contributed by atoms with van der Waals surface area (Å²) < 4.78 is 2.39. The van der Waals surface area contributed by atoms with Gasteiger partial charge in [-0.2, -0.15) is 0 Å². The minimum atomic E-state index is 0.428. The van der Waals surface area contributed by atoms with Crippen LogP contribution in [0.2, 0.25) is 0 Å². The van der Waals surface area contributed by atoms with E-state index in [-0.39, 0.29) is 0 Å². The fourth-order valence-electron chi connectivity index (χ4n) is 7.76. The van der Waals surface area contributed by atoms with E-state index in [0.717, 1.165) is 34.7 Å². The molecule has 0 radical (unpaired) electrons. The van der Waals surface area contributed by atoms with Crippen LogP contribution in [0.3, 0.4) is 0 Å². The normalized spacial score (nSPS) is 16.6. The molecular formula is C46H32N4. The smallest absolute Gasteiger partial charge is 0.145 e. The van der Waals surface area contributed by atoms with Crippen molar-refractivity contribution in [3.8, 4) is 44.9 Å². The number of para-hydroxylation sites is 1. The van der Waals surface area contributed by atoms with Crippen molar-refractivity contribution in [2.24, 2.45) is 11.8 Å². The maximum Gasteiger partial charge on any atom is 0.145 e. The minimum Gasteiger partial charge on any atom is -0.297 e. The molecule has 2 aliphatic carbocycles. The third kappa shape index (κ3) is 4.88. The number of rotatable bonds is 6. The third-order valence-electron chi connectivity index (χ3n) is 10.2. The van der Waals surface area contributed by atoms with Gasteiger partial charge in [0.1, 0.15) is 5.65 Å². The summed E-state index contributed by atoms with van der Waals surface area (Å²) >= 11 is 0. The second-order valence-electron chi connectivity index (χ2n) is 13.3.